The summed E-state index contributed by atoms with van der Waals surface area (Å²) in [7, 11) is 0. The number of H-pyrrole nitrogens is 1. The second kappa shape index (κ2) is 6.93. The van der Waals surface area contributed by atoms with Crippen molar-refractivity contribution in [3.8, 4) is 5.75 Å². The lowest BCUT2D eigenvalue weighted by Crippen LogP contribution is -1.94. The second-order valence-corrected chi connectivity index (χ2v) is 5.98. The molecule has 0 amide bonds. The van der Waals surface area contributed by atoms with Gasteiger partial charge >= 0.3 is 0 Å². The van der Waals surface area contributed by atoms with Gasteiger partial charge in [0.05, 0.1) is 6.21 Å². The molecule has 0 aliphatic heterocycles. The molecule has 0 unspecified atom stereocenters. The molecule has 2 heterocycles. The van der Waals surface area contributed by atoms with E-state index in [0.717, 1.165) is 10.2 Å². The van der Waals surface area contributed by atoms with Crippen molar-refractivity contribution in [2.75, 3.05) is 0 Å². The highest BCUT2D eigenvalue weighted by molar-refractivity contribution is 9.10. The molecular weight excluding hydrogens is 380 g/mol. The zero-order chi connectivity index (χ0) is 16.2. The maximum atomic E-state index is 5.65. The third-order valence-electron chi connectivity index (χ3n) is 2.99. The Morgan fingerprint density at radius 3 is 2.83 bits per heavy atom. The maximum Gasteiger partial charge on any atom is 0.216 e. The van der Waals surface area contributed by atoms with Crippen LogP contribution in [0.4, 0.5) is 0 Å². The van der Waals surface area contributed by atoms with Gasteiger partial charge in [0, 0.05) is 4.47 Å². The predicted octanol–water partition coefficient (Wildman–Crippen LogP) is 4.07. The third kappa shape index (κ3) is 3.96. The summed E-state index contributed by atoms with van der Waals surface area (Å²) in [4.78, 5) is 0. The minimum atomic E-state index is 0.347. The first-order chi connectivity index (χ1) is 11.1. The van der Waals surface area contributed by atoms with Crippen LogP contribution in [0.1, 0.15) is 17.3 Å². The number of aromatic amines is 1. The summed E-state index contributed by atoms with van der Waals surface area (Å²) in [5.41, 5.74) is 0. The third-order valence-corrected chi connectivity index (χ3v) is 3.78. The van der Waals surface area contributed by atoms with E-state index in [2.05, 4.69) is 31.2 Å². The van der Waals surface area contributed by atoms with E-state index in [4.69, 9.17) is 21.4 Å². The number of aryl methyl sites for hydroxylation is 1. The van der Waals surface area contributed by atoms with Crippen molar-refractivity contribution in [3.05, 3.63) is 63.0 Å². The monoisotopic (exact) mass is 392 g/mol. The largest absolute Gasteiger partial charge is 0.486 e. The van der Waals surface area contributed by atoms with Gasteiger partial charge in [-0.1, -0.05) is 15.9 Å². The molecule has 2 aromatic heterocycles. The molecular formula is C15H13BrN4O2S. The number of benzene rings is 1. The van der Waals surface area contributed by atoms with E-state index < -0.39 is 0 Å². The van der Waals surface area contributed by atoms with Crippen molar-refractivity contribution in [2.45, 2.75) is 13.5 Å². The molecule has 0 radical (unpaired) electrons. The van der Waals surface area contributed by atoms with Crippen LogP contribution in [0, 0.1) is 11.7 Å². The molecule has 0 aliphatic carbocycles. The highest BCUT2D eigenvalue weighted by atomic mass is 79.9. The summed E-state index contributed by atoms with van der Waals surface area (Å²) in [5, 5.41) is 10.9. The SMILES string of the molecule is Cc1n[nH]c(=S)n1N=Cc1ccc(COc2ccc(Br)cc2)o1. The van der Waals surface area contributed by atoms with Crippen molar-refractivity contribution in [3.63, 3.8) is 0 Å². The molecule has 0 saturated heterocycles. The summed E-state index contributed by atoms with van der Waals surface area (Å²) >= 11 is 8.46. The summed E-state index contributed by atoms with van der Waals surface area (Å²) in [5.74, 6) is 2.78. The Labute approximate surface area is 145 Å². The fraction of sp³-hybridized carbons (Fsp3) is 0.133. The maximum absolute atomic E-state index is 5.65. The fourth-order valence-corrected chi connectivity index (χ4v) is 2.34. The molecule has 0 aliphatic rings. The summed E-state index contributed by atoms with van der Waals surface area (Å²) in [6.07, 6.45) is 1.58. The molecule has 0 saturated carbocycles. The Morgan fingerprint density at radius 2 is 2.13 bits per heavy atom. The Morgan fingerprint density at radius 1 is 1.35 bits per heavy atom. The number of ether oxygens (including phenoxy) is 1. The van der Waals surface area contributed by atoms with Crippen molar-refractivity contribution in [1.29, 1.82) is 0 Å². The molecule has 8 heteroatoms. The number of nitrogens with zero attached hydrogens (tertiary/aromatic N) is 3. The molecule has 23 heavy (non-hydrogen) atoms. The van der Waals surface area contributed by atoms with Crippen molar-refractivity contribution < 1.29 is 9.15 Å². The number of nitrogens with one attached hydrogen (secondary N) is 1. The summed E-state index contributed by atoms with van der Waals surface area (Å²) in [6, 6.07) is 11.3. The Hall–Kier alpha value is -2.19. The van der Waals surface area contributed by atoms with Crippen LogP contribution in [0.25, 0.3) is 0 Å². The van der Waals surface area contributed by atoms with Gasteiger partial charge in [-0.25, -0.2) is 0 Å². The molecule has 3 aromatic rings. The van der Waals surface area contributed by atoms with Gasteiger partial charge in [0.1, 0.15) is 29.7 Å². The lowest BCUT2D eigenvalue weighted by molar-refractivity contribution is 0.270. The first-order valence-corrected chi connectivity index (χ1v) is 7.97. The molecule has 0 fully saturated rings. The Kier molecular flexibility index (Phi) is 4.73. The van der Waals surface area contributed by atoms with Gasteiger partial charge < -0.3 is 9.15 Å². The summed E-state index contributed by atoms with van der Waals surface area (Å²) in [6.45, 7) is 2.16. The number of rotatable bonds is 5. The predicted molar refractivity (Wildman–Crippen MR) is 92.3 cm³/mol. The van der Waals surface area contributed by atoms with Crippen LogP contribution >= 0.6 is 28.1 Å². The smallest absolute Gasteiger partial charge is 0.216 e. The Bertz CT molecular complexity index is 880. The fourth-order valence-electron chi connectivity index (χ4n) is 1.85. The highest BCUT2D eigenvalue weighted by Gasteiger charge is 2.03. The number of halogens is 1. The van der Waals surface area contributed by atoms with Gasteiger partial charge in [-0.05, 0) is 55.5 Å². The van der Waals surface area contributed by atoms with Crippen molar-refractivity contribution in [1.82, 2.24) is 14.9 Å². The van der Waals surface area contributed by atoms with Gasteiger partial charge in [-0.2, -0.15) is 14.9 Å². The van der Waals surface area contributed by atoms with E-state index in [0.29, 0.717) is 28.7 Å². The molecule has 0 atom stereocenters. The highest BCUT2D eigenvalue weighted by Crippen LogP contribution is 2.18. The number of furan rings is 1. The van der Waals surface area contributed by atoms with Crippen molar-refractivity contribution >= 4 is 34.4 Å². The van der Waals surface area contributed by atoms with E-state index in [1.165, 1.54) is 4.68 Å². The van der Waals surface area contributed by atoms with Gasteiger partial charge in [0.15, 0.2) is 0 Å². The van der Waals surface area contributed by atoms with Crippen LogP contribution in [0.5, 0.6) is 5.75 Å². The van der Waals surface area contributed by atoms with Gasteiger partial charge in [-0.3, -0.25) is 5.10 Å². The average Bonchev–Trinajstić information content (AvgIpc) is 3.12. The number of hydrogen-bond donors (Lipinski definition) is 1. The van der Waals surface area contributed by atoms with Crippen LogP contribution in [0.15, 0.2) is 50.4 Å². The number of aromatic nitrogens is 3. The minimum Gasteiger partial charge on any atom is -0.486 e. The van der Waals surface area contributed by atoms with E-state index in [1.807, 2.05) is 43.3 Å². The second-order valence-electron chi connectivity index (χ2n) is 4.68. The molecule has 6 nitrogen and oxygen atoms in total. The first kappa shape index (κ1) is 15.7. The lowest BCUT2D eigenvalue weighted by Gasteiger charge is -2.03. The molecule has 3 rings (SSSR count). The quantitative estimate of drug-likeness (QED) is 0.524. The van der Waals surface area contributed by atoms with Crippen LogP contribution < -0.4 is 4.74 Å². The molecule has 1 aromatic carbocycles. The van der Waals surface area contributed by atoms with E-state index in [1.54, 1.807) is 6.21 Å². The van der Waals surface area contributed by atoms with Crippen LogP contribution in [0.2, 0.25) is 0 Å². The normalized spacial score (nSPS) is 11.2. The van der Waals surface area contributed by atoms with E-state index in [9.17, 15) is 0 Å². The summed E-state index contributed by atoms with van der Waals surface area (Å²) < 4.78 is 14.3. The zero-order valence-corrected chi connectivity index (χ0v) is 14.6. The average molecular weight is 393 g/mol. The van der Waals surface area contributed by atoms with Gasteiger partial charge in [-0.15, -0.1) is 0 Å². The topological polar surface area (TPSA) is 68.3 Å². The van der Waals surface area contributed by atoms with E-state index >= 15 is 0 Å². The van der Waals surface area contributed by atoms with Crippen LogP contribution in [-0.4, -0.2) is 21.1 Å². The first-order valence-electron chi connectivity index (χ1n) is 6.77. The van der Waals surface area contributed by atoms with Gasteiger partial charge in [0.25, 0.3) is 0 Å². The van der Waals surface area contributed by atoms with Gasteiger partial charge in [0.2, 0.25) is 4.77 Å². The Balaban J connectivity index is 1.64. The molecule has 0 bridgehead atoms. The van der Waals surface area contributed by atoms with Crippen molar-refractivity contribution in [2.24, 2.45) is 5.10 Å². The number of hydrogen-bond acceptors (Lipinski definition) is 5. The molecule has 118 valence electrons. The lowest BCUT2D eigenvalue weighted by atomic mass is 10.3. The minimum absolute atomic E-state index is 0.347. The van der Waals surface area contributed by atoms with Crippen LogP contribution in [-0.2, 0) is 6.61 Å². The zero-order valence-electron chi connectivity index (χ0n) is 12.2. The molecule has 1 N–H and O–H groups in total. The van der Waals surface area contributed by atoms with Crippen LogP contribution in [0.3, 0.4) is 0 Å². The molecule has 0 spiro atoms. The van der Waals surface area contributed by atoms with E-state index in [-0.39, 0.29) is 0 Å². The standard InChI is InChI=1S/C15H13BrN4O2S/c1-10-18-19-15(23)20(10)17-8-13-6-7-14(22-13)9-21-12-4-2-11(16)3-5-12/h2-8H,9H2,1H3,(H,19,23).